The summed E-state index contributed by atoms with van der Waals surface area (Å²) < 4.78 is 0. The van der Waals surface area contributed by atoms with Gasteiger partial charge in [0.15, 0.2) is 0 Å². The molecule has 0 fully saturated rings. The van der Waals surface area contributed by atoms with Gasteiger partial charge >= 0.3 is 0 Å². The second-order valence-corrected chi connectivity index (χ2v) is 6.27. The van der Waals surface area contributed by atoms with E-state index in [1.807, 2.05) is 0 Å². The molecule has 0 atom stereocenters. The van der Waals surface area contributed by atoms with Crippen LogP contribution >= 0.6 is 23.2 Å². The highest BCUT2D eigenvalue weighted by Gasteiger charge is 2.44. The highest BCUT2D eigenvalue weighted by molar-refractivity contribution is 6.23. The summed E-state index contributed by atoms with van der Waals surface area (Å²) in [4.78, 5) is 0. The van der Waals surface area contributed by atoms with Gasteiger partial charge in [-0.25, -0.2) is 0 Å². The van der Waals surface area contributed by atoms with Crippen LogP contribution in [0, 0.1) is 0 Å². The van der Waals surface area contributed by atoms with Gasteiger partial charge in [0.25, 0.3) is 0 Å². The van der Waals surface area contributed by atoms with E-state index in [1.54, 1.807) is 0 Å². The largest absolute Gasteiger partial charge is 0.125 e. The van der Waals surface area contributed by atoms with Gasteiger partial charge in [-0.2, -0.15) is 0 Å². The van der Waals surface area contributed by atoms with Crippen molar-refractivity contribution in [3.8, 4) is 11.1 Å². The minimum Gasteiger partial charge on any atom is -0.125 e. The minimum atomic E-state index is -0.243. The summed E-state index contributed by atoms with van der Waals surface area (Å²) in [6, 6.07) is 13.2. The number of aryl methyl sites for hydroxylation is 2. The number of fused-ring (bicyclic) bond motifs is 3. The van der Waals surface area contributed by atoms with Crippen molar-refractivity contribution < 1.29 is 0 Å². The summed E-state index contributed by atoms with van der Waals surface area (Å²) in [6.07, 6.45) is 2.02. The zero-order valence-electron chi connectivity index (χ0n) is 12.5. The lowest BCUT2D eigenvalue weighted by Crippen LogP contribution is -2.31. The van der Waals surface area contributed by atoms with Crippen LogP contribution in [0.1, 0.15) is 36.1 Å². The van der Waals surface area contributed by atoms with Crippen LogP contribution in [0.2, 0.25) is 0 Å². The Morgan fingerprint density at radius 2 is 1.19 bits per heavy atom. The first-order valence-corrected chi connectivity index (χ1v) is 8.67. The van der Waals surface area contributed by atoms with Gasteiger partial charge in [0.2, 0.25) is 0 Å². The first-order valence-electron chi connectivity index (χ1n) is 7.60. The minimum absolute atomic E-state index is 0.243. The number of halogens is 2. The third-order valence-electron chi connectivity index (χ3n) is 4.77. The molecule has 0 bridgehead atoms. The van der Waals surface area contributed by atoms with Crippen molar-refractivity contribution >= 4 is 23.2 Å². The van der Waals surface area contributed by atoms with Crippen molar-refractivity contribution in [3.63, 3.8) is 0 Å². The van der Waals surface area contributed by atoms with Crippen molar-refractivity contribution in [3.05, 3.63) is 58.7 Å². The molecule has 0 saturated heterocycles. The fourth-order valence-corrected chi connectivity index (χ4v) is 4.62. The van der Waals surface area contributed by atoms with E-state index in [2.05, 4.69) is 50.2 Å². The van der Waals surface area contributed by atoms with E-state index in [0.717, 1.165) is 12.8 Å². The number of benzene rings is 2. The summed E-state index contributed by atoms with van der Waals surface area (Å²) in [7, 11) is 0. The molecule has 0 aliphatic heterocycles. The molecule has 3 rings (SSSR count). The molecule has 21 heavy (non-hydrogen) atoms. The summed E-state index contributed by atoms with van der Waals surface area (Å²) in [6.45, 7) is 4.40. The summed E-state index contributed by atoms with van der Waals surface area (Å²) in [5.41, 5.74) is 7.84. The van der Waals surface area contributed by atoms with E-state index in [-0.39, 0.29) is 5.41 Å². The van der Waals surface area contributed by atoms with Gasteiger partial charge in [-0.15, -0.1) is 23.2 Å². The molecule has 2 aromatic carbocycles. The lowest BCUT2D eigenvalue weighted by atomic mass is 9.77. The molecule has 0 unspecified atom stereocenters. The second-order valence-electron chi connectivity index (χ2n) is 5.74. The third kappa shape index (κ3) is 1.96. The fraction of sp³-hybridized carbons (Fsp3) is 0.368. The molecule has 0 heterocycles. The molecular weight excluding hydrogens is 299 g/mol. The molecule has 0 amide bonds. The molecule has 1 aliphatic carbocycles. The Bertz CT molecular complexity index is 614. The Morgan fingerprint density at radius 1 is 0.762 bits per heavy atom. The Labute approximate surface area is 137 Å². The van der Waals surface area contributed by atoms with Gasteiger partial charge in [0, 0.05) is 17.2 Å². The zero-order valence-corrected chi connectivity index (χ0v) is 14.1. The average Bonchev–Trinajstić information content (AvgIpc) is 2.85. The molecular formula is C19H20Cl2. The van der Waals surface area contributed by atoms with E-state index in [1.165, 1.54) is 33.4 Å². The van der Waals surface area contributed by atoms with Crippen LogP contribution in [0.5, 0.6) is 0 Å². The molecule has 0 aromatic heterocycles. The Kier molecular flexibility index (Phi) is 4.03. The Balaban J connectivity index is 2.43. The van der Waals surface area contributed by atoms with Gasteiger partial charge < -0.3 is 0 Å². The van der Waals surface area contributed by atoms with Gasteiger partial charge in [0.1, 0.15) is 0 Å². The maximum atomic E-state index is 6.49. The van der Waals surface area contributed by atoms with E-state index in [0.29, 0.717) is 11.8 Å². The van der Waals surface area contributed by atoms with Gasteiger partial charge in [-0.1, -0.05) is 50.2 Å². The van der Waals surface area contributed by atoms with Crippen LogP contribution in [-0.4, -0.2) is 11.8 Å². The first-order chi connectivity index (χ1) is 10.2. The van der Waals surface area contributed by atoms with Gasteiger partial charge in [-0.05, 0) is 46.2 Å². The third-order valence-corrected chi connectivity index (χ3v) is 5.68. The summed E-state index contributed by atoms with van der Waals surface area (Å²) in [5.74, 6) is 1.06. The van der Waals surface area contributed by atoms with Crippen molar-refractivity contribution in [2.75, 3.05) is 11.8 Å². The standard InChI is InChI=1S/C19H20Cl2/c1-3-13-7-5-9-15-16-10-6-8-14(4-2)18(16)19(11-20,12-21)17(13)15/h5-10H,3-4,11-12H2,1-2H3. The van der Waals surface area contributed by atoms with Crippen LogP contribution in [-0.2, 0) is 18.3 Å². The highest BCUT2D eigenvalue weighted by Crippen LogP contribution is 2.52. The second kappa shape index (κ2) is 5.66. The summed E-state index contributed by atoms with van der Waals surface area (Å²) >= 11 is 13.0. The maximum absolute atomic E-state index is 6.49. The molecule has 0 radical (unpaired) electrons. The molecule has 2 heteroatoms. The first kappa shape index (κ1) is 14.9. The molecule has 0 N–H and O–H groups in total. The number of rotatable bonds is 4. The summed E-state index contributed by atoms with van der Waals surface area (Å²) in [5, 5.41) is 0. The molecule has 0 spiro atoms. The van der Waals surface area contributed by atoms with Gasteiger partial charge in [-0.3, -0.25) is 0 Å². The van der Waals surface area contributed by atoms with Crippen LogP contribution in [0.3, 0.4) is 0 Å². The normalized spacial score (nSPS) is 14.9. The zero-order chi connectivity index (χ0) is 15.0. The number of alkyl halides is 2. The average molecular weight is 319 g/mol. The van der Waals surface area contributed by atoms with Crippen molar-refractivity contribution in [2.45, 2.75) is 32.1 Å². The maximum Gasteiger partial charge on any atom is 0.0490 e. The number of hydrogen-bond acceptors (Lipinski definition) is 0. The lowest BCUT2D eigenvalue weighted by molar-refractivity contribution is 0.659. The fourth-order valence-electron chi connectivity index (χ4n) is 3.80. The topological polar surface area (TPSA) is 0 Å². The van der Waals surface area contributed by atoms with E-state index in [9.17, 15) is 0 Å². The lowest BCUT2D eigenvalue weighted by Gasteiger charge is -2.30. The Morgan fingerprint density at radius 3 is 1.52 bits per heavy atom. The molecule has 0 nitrogen and oxygen atoms in total. The quantitative estimate of drug-likeness (QED) is 0.648. The van der Waals surface area contributed by atoms with Crippen molar-refractivity contribution in [2.24, 2.45) is 0 Å². The van der Waals surface area contributed by atoms with Crippen LogP contribution in [0.15, 0.2) is 36.4 Å². The predicted molar refractivity (Wildman–Crippen MR) is 92.9 cm³/mol. The van der Waals surface area contributed by atoms with Gasteiger partial charge in [0.05, 0.1) is 0 Å². The van der Waals surface area contributed by atoms with E-state index >= 15 is 0 Å². The molecule has 1 aliphatic rings. The van der Waals surface area contributed by atoms with E-state index in [4.69, 9.17) is 23.2 Å². The van der Waals surface area contributed by atoms with Crippen molar-refractivity contribution in [1.29, 1.82) is 0 Å². The smallest absolute Gasteiger partial charge is 0.0490 e. The number of hydrogen-bond donors (Lipinski definition) is 0. The van der Waals surface area contributed by atoms with Crippen LogP contribution < -0.4 is 0 Å². The molecule has 0 saturated carbocycles. The van der Waals surface area contributed by atoms with Crippen LogP contribution in [0.25, 0.3) is 11.1 Å². The highest BCUT2D eigenvalue weighted by atomic mass is 35.5. The SMILES string of the molecule is CCc1cccc2c1C(CCl)(CCl)c1c(CC)cccc1-2. The van der Waals surface area contributed by atoms with E-state index < -0.39 is 0 Å². The van der Waals surface area contributed by atoms with Crippen LogP contribution in [0.4, 0.5) is 0 Å². The van der Waals surface area contributed by atoms with Crippen molar-refractivity contribution in [1.82, 2.24) is 0 Å². The predicted octanol–water partition coefficient (Wildman–Crippen LogP) is 5.56. The molecule has 110 valence electrons. The monoisotopic (exact) mass is 318 g/mol. The molecule has 2 aromatic rings. The Hall–Kier alpha value is -0.980.